The third kappa shape index (κ3) is 4.06. The van der Waals surface area contributed by atoms with Crippen LogP contribution in [0.5, 0.6) is 0 Å². The molecule has 27 heavy (non-hydrogen) atoms. The molecule has 3 heterocycles. The van der Waals surface area contributed by atoms with Gasteiger partial charge in [-0.05, 0) is 37.5 Å². The lowest BCUT2D eigenvalue weighted by Crippen LogP contribution is -2.54. The minimum Gasteiger partial charge on any atom is -0.354 e. The number of nitrogens with zero attached hydrogens (tertiary/aromatic N) is 3. The second-order valence-corrected chi connectivity index (χ2v) is 8.68. The number of ether oxygens (including phenoxy) is 1. The molecule has 0 aromatic carbocycles. The zero-order valence-electron chi connectivity index (χ0n) is 16.8. The smallest absolute Gasteiger partial charge is 0.251 e. The Morgan fingerprint density at radius 2 is 2.07 bits per heavy atom. The van der Waals surface area contributed by atoms with E-state index in [4.69, 9.17) is 4.74 Å². The van der Waals surface area contributed by atoms with Gasteiger partial charge in [-0.25, -0.2) is 4.98 Å². The van der Waals surface area contributed by atoms with E-state index in [1.165, 1.54) is 32.2 Å². The molecule has 6 nitrogen and oxygen atoms in total. The summed E-state index contributed by atoms with van der Waals surface area (Å²) in [6.45, 7) is 9.14. The lowest BCUT2D eigenvalue weighted by molar-refractivity contribution is -0.173. The highest BCUT2D eigenvalue weighted by Crippen LogP contribution is 2.40. The van der Waals surface area contributed by atoms with Gasteiger partial charge in [-0.15, -0.1) is 0 Å². The van der Waals surface area contributed by atoms with E-state index in [0.717, 1.165) is 44.2 Å². The Morgan fingerprint density at radius 3 is 2.74 bits per heavy atom. The number of likely N-dealkylation sites (tertiary alicyclic amines) is 1. The number of carbonyl (C=O) groups excluding carboxylic acids is 1. The van der Waals surface area contributed by atoms with Gasteiger partial charge in [0.15, 0.2) is 6.10 Å². The molecular formula is C21H34N4O2. The molecule has 1 atom stereocenters. The van der Waals surface area contributed by atoms with Crippen LogP contribution in [0.1, 0.15) is 58.2 Å². The maximum Gasteiger partial charge on any atom is 0.251 e. The average molecular weight is 375 g/mol. The Bertz CT molecular complexity index is 642. The van der Waals surface area contributed by atoms with Gasteiger partial charge in [-0.2, -0.15) is 0 Å². The molecule has 3 aliphatic rings. The molecule has 1 aliphatic carbocycles. The first-order valence-electron chi connectivity index (χ1n) is 10.8. The first kappa shape index (κ1) is 18.9. The fourth-order valence-electron chi connectivity index (χ4n) is 4.56. The summed E-state index contributed by atoms with van der Waals surface area (Å²) in [7, 11) is 0. The maximum absolute atomic E-state index is 12.7. The Balaban J connectivity index is 1.42. The van der Waals surface area contributed by atoms with Gasteiger partial charge in [0.1, 0.15) is 11.4 Å². The Labute approximate surface area is 162 Å². The van der Waals surface area contributed by atoms with Crippen molar-refractivity contribution in [2.45, 2.75) is 70.6 Å². The van der Waals surface area contributed by atoms with Crippen molar-refractivity contribution in [2.75, 3.05) is 26.2 Å². The highest BCUT2D eigenvalue weighted by molar-refractivity contribution is 5.81. The summed E-state index contributed by atoms with van der Waals surface area (Å²) in [5, 5.41) is 3.10. The van der Waals surface area contributed by atoms with Crippen LogP contribution >= 0.6 is 0 Å². The summed E-state index contributed by atoms with van der Waals surface area (Å²) >= 11 is 0. The fourth-order valence-corrected chi connectivity index (χ4v) is 4.56. The largest absolute Gasteiger partial charge is 0.354 e. The number of carbonyl (C=O) groups is 1. The molecule has 6 heteroatoms. The first-order valence-corrected chi connectivity index (χ1v) is 10.8. The molecule has 2 aliphatic heterocycles. The van der Waals surface area contributed by atoms with Gasteiger partial charge in [0, 0.05) is 38.6 Å². The number of amides is 1. The van der Waals surface area contributed by atoms with Crippen molar-refractivity contribution >= 4 is 5.91 Å². The molecule has 0 bridgehead atoms. The number of nitrogens with one attached hydrogen (secondary N) is 1. The highest BCUT2D eigenvalue weighted by Gasteiger charge is 2.47. The Morgan fingerprint density at radius 1 is 1.33 bits per heavy atom. The second kappa shape index (κ2) is 7.92. The van der Waals surface area contributed by atoms with E-state index in [9.17, 15) is 4.79 Å². The van der Waals surface area contributed by atoms with Crippen molar-refractivity contribution in [2.24, 2.45) is 11.8 Å². The van der Waals surface area contributed by atoms with Gasteiger partial charge in [0.05, 0.1) is 6.54 Å². The summed E-state index contributed by atoms with van der Waals surface area (Å²) in [4.78, 5) is 19.9. The number of imidazole rings is 1. The van der Waals surface area contributed by atoms with Crippen LogP contribution in [0.3, 0.4) is 0 Å². The van der Waals surface area contributed by atoms with Crippen molar-refractivity contribution in [1.29, 1.82) is 0 Å². The number of rotatable bonds is 7. The van der Waals surface area contributed by atoms with Crippen molar-refractivity contribution < 1.29 is 9.53 Å². The molecule has 1 saturated carbocycles. The van der Waals surface area contributed by atoms with E-state index in [1.807, 2.05) is 12.4 Å². The van der Waals surface area contributed by atoms with Gasteiger partial charge >= 0.3 is 0 Å². The van der Waals surface area contributed by atoms with E-state index >= 15 is 0 Å². The van der Waals surface area contributed by atoms with Crippen molar-refractivity contribution in [3.8, 4) is 0 Å². The molecule has 1 spiro atoms. The third-order valence-corrected chi connectivity index (χ3v) is 6.74. The minimum absolute atomic E-state index is 0.0417. The molecule has 1 N–H and O–H groups in total. The summed E-state index contributed by atoms with van der Waals surface area (Å²) in [6.07, 6.45) is 10.2. The molecule has 1 aromatic rings. The van der Waals surface area contributed by atoms with Gasteiger partial charge in [0.25, 0.3) is 5.91 Å². The summed E-state index contributed by atoms with van der Waals surface area (Å²) in [5.74, 6) is 2.51. The van der Waals surface area contributed by atoms with Crippen LogP contribution in [0.2, 0.25) is 0 Å². The molecule has 150 valence electrons. The van der Waals surface area contributed by atoms with E-state index in [1.54, 1.807) is 0 Å². The van der Waals surface area contributed by atoms with Gasteiger partial charge in [-0.3, -0.25) is 4.79 Å². The number of hydrogen-bond donors (Lipinski definition) is 1. The molecule has 1 saturated heterocycles. The Kier molecular flexibility index (Phi) is 5.55. The molecule has 1 aromatic heterocycles. The summed E-state index contributed by atoms with van der Waals surface area (Å²) < 4.78 is 8.64. The van der Waals surface area contributed by atoms with Crippen LogP contribution in [-0.2, 0) is 21.7 Å². The van der Waals surface area contributed by atoms with Gasteiger partial charge in [-0.1, -0.05) is 26.7 Å². The van der Waals surface area contributed by atoms with Gasteiger partial charge in [0.2, 0.25) is 0 Å². The maximum atomic E-state index is 12.7. The van der Waals surface area contributed by atoms with Crippen LogP contribution in [0.4, 0.5) is 0 Å². The summed E-state index contributed by atoms with van der Waals surface area (Å²) in [6, 6.07) is 0. The Hall–Kier alpha value is -1.40. The van der Waals surface area contributed by atoms with E-state index in [-0.39, 0.29) is 5.91 Å². The third-order valence-electron chi connectivity index (χ3n) is 6.74. The second-order valence-electron chi connectivity index (χ2n) is 8.68. The standard InChI is InChI=1S/C21H34N4O2/c1-3-16(4-2)14-24-10-7-21(8-11-24)20-22-9-12-25(20)15-18(27-21)19(26)23-13-17-5-6-17/h9,12,16-18H,3-8,10-11,13-15H2,1-2H3,(H,23,26). The molecule has 1 amide bonds. The van der Waals surface area contributed by atoms with E-state index < -0.39 is 11.7 Å². The molecule has 0 radical (unpaired) electrons. The number of aromatic nitrogens is 2. The van der Waals surface area contributed by atoms with Crippen molar-refractivity contribution in [1.82, 2.24) is 19.8 Å². The lowest BCUT2D eigenvalue weighted by Gasteiger charge is -2.46. The van der Waals surface area contributed by atoms with Crippen molar-refractivity contribution in [3.05, 3.63) is 18.2 Å². The van der Waals surface area contributed by atoms with Crippen LogP contribution in [0.25, 0.3) is 0 Å². The van der Waals surface area contributed by atoms with Crippen molar-refractivity contribution in [3.63, 3.8) is 0 Å². The zero-order valence-corrected chi connectivity index (χ0v) is 16.8. The topological polar surface area (TPSA) is 59.4 Å². The predicted octanol–water partition coefficient (Wildman–Crippen LogP) is 2.54. The van der Waals surface area contributed by atoms with Crippen LogP contribution in [0, 0.1) is 11.8 Å². The normalized spacial score (nSPS) is 24.9. The summed E-state index contributed by atoms with van der Waals surface area (Å²) in [5.41, 5.74) is -0.409. The van der Waals surface area contributed by atoms with Crippen LogP contribution < -0.4 is 5.32 Å². The molecular weight excluding hydrogens is 340 g/mol. The van der Waals surface area contributed by atoms with Gasteiger partial charge < -0.3 is 19.5 Å². The fraction of sp³-hybridized carbons (Fsp3) is 0.810. The zero-order chi connectivity index (χ0) is 18.9. The lowest BCUT2D eigenvalue weighted by atomic mass is 9.87. The quantitative estimate of drug-likeness (QED) is 0.797. The predicted molar refractivity (Wildman–Crippen MR) is 104 cm³/mol. The van der Waals surface area contributed by atoms with E-state index in [0.29, 0.717) is 12.5 Å². The number of piperidine rings is 1. The number of hydrogen-bond acceptors (Lipinski definition) is 4. The average Bonchev–Trinajstić information content (AvgIpc) is 3.40. The molecule has 2 fully saturated rings. The first-order chi connectivity index (χ1) is 13.1. The minimum atomic E-state index is -0.409. The van der Waals surface area contributed by atoms with Crippen LogP contribution in [-0.4, -0.2) is 52.6 Å². The van der Waals surface area contributed by atoms with Crippen LogP contribution in [0.15, 0.2) is 12.4 Å². The number of fused-ring (bicyclic) bond motifs is 2. The monoisotopic (exact) mass is 374 g/mol. The molecule has 4 rings (SSSR count). The molecule has 1 unspecified atom stereocenters. The van der Waals surface area contributed by atoms with E-state index in [2.05, 4.69) is 33.6 Å². The highest BCUT2D eigenvalue weighted by atomic mass is 16.5. The SMILES string of the molecule is CCC(CC)CN1CCC2(CC1)OC(C(=O)NCC1CC1)Cn1ccnc12.